The number of benzene rings is 2. The normalized spacial score (nSPS) is 17.0. The molecule has 8 heteroatoms. The second-order valence-electron chi connectivity index (χ2n) is 5.48. The monoisotopic (exact) mass is 360 g/mol. The molecule has 0 radical (unpaired) electrons. The van der Waals surface area contributed by atoms with Gasteiger partial charge in [-0.2, -0.15) is 0 Å². The molecule has 0 aromatic heterocycles. The predicted molar refractivity (Wildman–Crippen MR) is 91.0 cm³/mol. The summed E-state index contributed by atoms with van der Waals surface area (Å²) in [5.74, 6) is -2.74. The highest BCUT2D eigenvalue weighted by Crippen LogP contribution is 2.29. The predicted octanol–water partition coefficient (Wildman–Crippen LogP) is 2.49. The third kappa shape index (κ3) is 3.27. The lowest BCUT2D eigenvalue weighted by molar-refractivity contribution is -0.121. The number of anilines is 2. The first-order valence-electron chi connectivity index (χ1n) is 7.32. The summed E-state index contributed by atoms with van der Waals surface area (Å²) in [6.45, 7) is 0. The minimum Gasteiger partial charge on any atom is -0.507 e. The van der Waals surface area contributed by atoms with Gasteiger partial charge >= 0.3 is 5.97 Å². The average molecular weight is 361 g/mol. The lowest BCUT2D eigenvalue weighted by atomic mass is 10.1. The Kier molecular flexibility index (Phi) is 4.33. The van der Waals surface area contributed by atoms with Gasteiger partial charge in [0.1, 0.15) is 17.4 Å². The Morgan fingerprint density at radius 3 is 2.44 bits per heavy atom. The van der Waals surface area contributed by atoms with Crippen LogP contribution in [0.15, 0.2) is 42.5 Å². The van der Waals surface area contributed by atoms with Crippen LogP contribution in [0.3, 0.4) is 0 Å². The maximum absolute atomic E-state index is 12.5. The molecule has 1 fully saturated rings. The van der Waals surface area contributed by atoms with Crippen LogP contribution in [-0.4, -0.2) is 34.0 Å². The summed E-state index contributed by atoms with van der Waals surface area (Å²) in [6, 6.07) is 9.49. The Labute approximate surface area is 147 Å². The molecule has 1 aliphatic heterocycles. The highest BCUT2D eigenvalue weighted by atomic mass is 35.5. The topological polar surface area (TPSA) is 107 Å². The van der Waals surface area contributed by atoms with Crippen molar-refractivity contribution in [1.82, 2.24) is 0 Å². The molecule has 0 bridgehead atoms. The third-order valence-corrected chi connectivity index (χ3v) is 4.05. The zero-order chi connectivity index (χ0) is 18.1. The van der Waals surface area contributed by atoms with Gasteiger partial charge in [-0.3, -0.25) is 9.59 Å². The van der Waals surface area contributed by atoms with Crippen molar-refractivity contribution in [3.8, 4) is 5.75 Å². The molecule has 0 spiro atoms. The van der Waals surface area contributed by atoms with Crippen LogP contribution in [0.4, 0.5) is 11.4 Å². The summed E-state index contributed by atoms with van der Waals surface area (Å²) >= 11 is 5.81. The van der Waals surface area contributed by atoms with E-state index in [9.17, 15) is 19.5 Å². The van der Waals surface area contributed by atoms with Crippen molar-refractivity contribution in [2.45, 2.75) is 12.5 Å². The minimum atomic E-state index is -1.30. The van der Waals surface area contributed by atoms with Gasteiger partial charge in [0.15, 0.2) is 0 Å². The van der Waals surface area contributed by atoms with E-state index >= 15 is 0 Å². The van der Waals surface area contributed by atoms with Crippen molar-refractivity contribution in [2.24, 2.45) is 0 Å². The van der Waals surface area contributed by atoms with Crippen LogP contribution in [0.2, 0.25) is 5.02 Å². The maximum Gasteiger partial charge on any atom is 0.339 e. The number of carbonyl (C=O) groups excluding carboxylic acids is 2. The van der Waals surface area contributed by atoms with E-state index in [1.54, 1.807) is 24.3 Å². The first kappa shape index (κ1) is 16.8. The van der Waals surface area contributed by atoms with Gasteiger partial charge in [0.25, 0.3) is 5.91 Å². The van der Waals surface area contributed by atoms with Crippen molar-refractivity contribution in [2.75, 3.05) is 10.2 Å². The van der Waals surface area contributed by atoms with E-state index in [1.807, 2.05) is 0 Å². The number of carboxylic acids is 1. The Bertz CT molecular complexity index is 866. The molecule has 0 aliphatic carbocycles. The molecular formula is C17H13ClN2O5. The van der Waals surface area contributed by atoms with E-state index in [1.165, 1.54) is 6.07 Å². The third-order valence-electron chi connectivity index (χ3n) is 3.80. The molecule has 1 atom stereocenters. The lowest BCUT2D eigenvalue weighted by Crippen LogP contribution is -2.34. The van der Waals surface area contributed by atoms with Crippen LogP contribution in [0.5, 0.6) is 5.75 Å². The molecule has 2 aromatic rings. The van der Waals surface area contributed by atoms with Gasteiger partial charge in [-0.25, -0.2) is 9.69 Å². The number of phenols is 1. The molecule has 1 unspecified atom stereocenters. The van der Waals surface area contributed by atoms with Crippen LogP contribution >= 0.6 is 11.6 Å². The van der Waals surface area contributed by atoms with Crippen LogP contribution in [-0.2, 0) is 9.59 Å². The molecule has 2 amide bonds. The second kappa shape index (κ2) is 6.45. The molecule has 25 heavy (non-hydrogen) atoms. The fraction of sp³-hybridized carbons (Fsp3) is 0.118. The number of aromatic hydroxyl groups is 1. The standard InChI is InChI=1S/C17H13ClN2O5/c18-9-1-3-10(4-2-9)19-13-8-15(22)20(16(13)23)11-5-6-12(17(24)25)14(21)7-11/h1-7,13,19,21H,8H2,(H,24,25). The molecule has 1 saturated heterocycles. The first-order chi connectivity index (χ1) is 11.9. The van der Waals surface area contributed by atoms with Gasteiger partial charge in [0.2, 0.25) is 5.91 Å². The number of amides is 2. The van der Waals surface area contributed by atoms with Gasteiger partial charge in [-0.05, 0) is 36.4 Å². The number of rotatable bonds is 4. The number of carbonyl (C=O) groups is 3. The van der Waals surface area contributed by atoms with Crippen molar-refractivity contribution in [1.29, 1.82) is 0 Å². The maximum atomic E-state index is 12.5. The van der Waals surface area contributed by atoms with Crippen molar-refractivity contribution >= 4 is 40.8 Å². The van der Waals surface area contributed by atoms with Gasteiger partial charge < -0.3 is 15.5 Å². The molecular weight excluding hydrogens is 348 g/mol. The number of hydrogen-bond donors (Lipinski definition) is 3. The molecule has 1 aliphatic rings. The largest absolute Gasteiger partial charge is 0.507 e. The van der Waals surface area contributed by atoms with Gasteiger partial charge in [-0.1, -0.05) is 11.6 Å². The van der Waals surface area contributed by atoms with E-state index in [0.717, 1.165) is 17.0 Å². The van der Waals surface area contributed by atoms with E-state index in [-0.39, 0.29) is 17.7 Å². The lowest BCUT2D eigenvalue weighted by Gasteiger charge is -2.16. The second-order valence-corrected chi connectivity index (χ2v) is 5.92. The van der Waals surface area contributed by atoms with E-state index in [0.29, 0.717) is 10.7 Å². The van der Waals surface area contributed by atoms with Gasteiger partial charge in [0, 0.05) is 16.8 Å². The Morgan fingerprint density at radius 1 is 1.16 bits per heavy atom. The van der Waals surface area contributed by atoms with Crippen molar-refractivity contribution in [3.63, 3.8) is 0 Å². The molecule has 2 aromatic carbocycles. The summed E-state index contributed by atoms with van der Waals surface area (Å²) in [5.41, 5.74) is 0.457. The Morgan fingerprint density at radius 2 is 1.84 bits per heavy atom. The van der Waals surface area contributed by atoms with Crippen LogP contribution in [0, 0.1) is 0 Å². The fourth-order valence-electron chi connectivity index (χ4n) is 2.60. The molecule has 7 nitrogen and oxygen atoms in total. The quantitative estimate of drug-likeness (QED) is 0.723. The summed E-state index contributed by atoms with van der Waals surface area (Å²) in [6.07, 6.45) is -0.0527. The number of imide groups is 1. The van der Waals surface area contributed by atoms with Crippen molar-refractivity contribution < 1.29 is 24.6 Å². The Balaban J connectivity index is 1.82. The number of aromatic carboxylic acids is 1. The summed E-state index contributed by atoms with van der Waals surface area (Å²) < 4.78 is 0. The molecule has 3 N–H and O–H groups in total. The smallest absolute Gasteiger partial charge is 0.339 e. The molecule has 0 saturated carbocycles. The molecule has 3 rings (SSSR count). The number of nitrogens with one attached hydrogen (secondary N) is 1. The number of carboxylic acid groups (broad SMARTS) is 1. The average Bonchev–Trinajstić information content (AvgIpc) is 2.83. The minimum absolute atomic E-state index is 0.0527. The van der Waals surface area contributed by atoms with Crippen molar-refractivity contribution in [3.05, 3.63) is 53.1 Å². The molecule has 128 valence electrons. The van der Waals surface area contributed by atoms with Crippen LogP contribution in [0.1, 0.15) is 16.8 Å². The van der Waals surface area contributed by atoms with Crippen LogP contribution in [0.25, 0.3) is 0 Å². The summed E-state index contributed by atoms with van der Waals surface area (Å²) in [7, 11) is 0. The Hall–Kier alpha value is -3.06. The van der Waals surface area contributed by atoms with E-state index in [4.69, 9.17) is 16.7 Å². The van der Waals surface area contributed by atoms with Crippen LogP contribution < -0.4 is 10.2 Å². The van der Waals surface area contributed by atoms with Gasteiger partial charge in [-0.15, -0.1) is 0 Å². The molecule has 1 heterocycles. The van der Waals surface area contributed by atoms with Gasteiger partial charge in [0.05, 0.1) is 12.1 Å². The zero-order valence-electron chi connectivity index (χ0n) is 12.8. The summed E-state index contributed by atoms with van der Waals surface area (Å²) in [4.78, 5) is 36.6. The fourth-order valence-corrected chi connectivity index (χ4v) is 2.73. The number of halogens is 1. The summed E-state index contributed by atoms with van der Waals surface area (Å²) in [5, 5.41) is 22.2. The highest BCUT2D eigenvalue weighted by Gasteiger charge is 2.39. The van der Waals surface area contributed by atoms with E-state index in [2.05, 4.69) is 5.32 Å². The first-order valence-corrected chi connectivity index (χ1v) is 7.70. The highest BCUT2D eigenvalue weighted by molar-refractivity contribution is 6.30. The number of nitrogens with zero attached hydrogens (tertiary/aromatic N) is 1. The zero-order valence-corrected chi connectivity index (χ0v) is 13.5. The SMILES string of the molecule is O=C(O)c1ccc(N2C(=O)CC(Nc3ccc(Cl)cc3)C2=O)cc1O. The van der Waals surface area contributed by atoms with E-state index < -0.39 is 29.6 Å². The number of hydrogen-bond acceptors (Lipinski definition) is 5.